The van der Waals surface area contributed by atoms with Crippen molar-refractivity contribution in [2.45, 2.75) is 31.1 Å². The summed E-state index contributed by atoms with van der Waals surface area (Å²) < 4.78 is 13.2. The average Bonchev–Trinajstić information content (AvgIpc) is 3.10. The Morgan fingerprint density at radius 3 is 2.46 bits per heavy atom. The Morgan fingerprint density at radius 1 is 1.19 bits per heavy atom. The summed E-state index contributed by atoms with van der Waals surface area (Å²) in [5.74, 6) is -0.815. The summed E-state index contributed by atoms with van der Waals surface area (Å²) in [6.45, 7) is 0.344. The molecule has 136 valence electrons. The van der Waals surface area contributed by atoms with Gasteiger partial charge in [-0.25, -0.2) is 4.39 Å². The SMILES string of the molecule is O=C(NCC1(c2ccc(F)cc2)CCCC1)c1ccc(Cl)cc1[N+](=O)[O-]. The average molecular weight is 377 g/mol. The van der Waals surface area contributed by atoms with Gasteiger partial charge in [0, 0.05) is 23.0 Å². The summed E-state index contributed by atoms with van der Waals surface area (Å²) in [4.78, 5) is 23.1. The van der Waals surface area contributed by atoms with Gasteiger partial charge in [0.2, 0.25) is 0 Å². The number of halogens is 2. The Morgan fingerprint density at radius 2 is 1.85 bits per heavy atom. The maximum Gasteiger partial charge on any atom is 0.283 e. The first-order valence-corrected chi connectivity index (χ1v) is 8.77. The topological polar surface area (TPSA) is 72.2 Å². The van der Waals surface area contributed by atoms with Gasteiger partial charge in [0.25, 0.3) is 11.6 Å². The molecule has 0 saturated heterocycles. The molecule has 1 amide bonds. The molecule has 0 aromatic heterocycles. The molecule has 1 N–H and O–H groups in total. The van der Waals surface area contributed by atoms with Crippen LogP contribution < -0.4 is 5.32 Å². The third-order valence-electron chi connectivity index (χ3n) is 5.01. The van der Waals surface area contributed by atoms with Crippen molar-refractivity contribution in [2.24, 2.45) is 0 Å². The number of hydrogen-bond acceptors (Lipinski definition) is 3. The highest BCUT2D eigenvalue weighted by Crippen LogP contribution is 2.40. The fraction of sp³-hybridized carbons (Fsp3) is 0.316. The smallest absolute Gasteiger partial charge is 0.283 e. The molecule has 0 radical (unpaired) electrons. The van der Waals surface area contributed by atoms with Crippen LogP contribution in [0.2, 0.25) is 5.02 Å². The van der Waals surface area contributed by atoms with Crippen LogP contribution in [0.5, 0.6) is 0 Å². The number of rotatable bonds is 5. The van der Waals surface area contributed by atoms with Crippen molar-refractivity contribution in [3.05, 3.63) is 74.5 Å². The molecule has 1 fully saturated rings. The van der Waals surface area contributed by atoms with Crippen molar-refractivity contribution in [1.29, 1.82) is 0 Å². The van der Waals surface area contributed by atoms with E-state index in [0.29, 0.717) is 6.54 Å². The number of carbonyl (C=O) groups excluding carboxylic acids is 1. The van der Waals surface area contributed by atoms with Crippen LogP contribution in [0.3, 0.4) is 0 Å². The number of amides is 1. The lowest BCUT2D eigenvalue weighted by Crippen LogP contribution is -2.39. The largest absolute Gasteiger partial charge is 0.351 e. The molecule has 1 aliphatic rings. The summed E-state index contributed by atoms with van der Waals surface area (Å²) in [5.41, 5.74) is 0.358. The Labute approximate surface area is 155 Å². The van der Waals surface area contributed by atoms with Gasteiger partial charge in [0.05, 0.1) is 4.92 Å². The van der Waals surface area contributed by atoms with Crippen LogP contribution in [-0.2, 0) is 5.41 Å². The molecule has 0 spiro atoms. The van der Waals surface area contributed by atoms with E-state index in [-0.39, 0.29) is 27.5 Å². The number of nitro groups is 1. The predicted molar refractivity (Wildman–Crippen MR) is 97.0 cm³/mol. The lowest BCUT2D eigenvalue weighted by atomic mass is 9.78. The summed E-state index contributed by atoms with van der Waals surface area (Å²) in [7, 11) is 0. The van der Waals surface area contributed by atoms with E-state index in [0.717, 1.165) is 31.2 Å². The van der Waals surface area contributed by atoms with E-state index in [9.17, 15) is 19.3 Å². The highest BCUT2D eigenvalue weighted by atomic mass is 35.5. The maximum atomic E-state index is 13.2. The normalized spacial score (nSPS) is 15.6. The first-order chi connectivity index (χ1) is 12.4. The standard InChI is InChI=1S/C19H18ClFN2O3/c20-14-5-8-16(17(11-14)23(25)26)18(24)22-12-19(9-1-2-10-19)13-3-6-15(21)7-4-13/h3-8,11H,1-2,9-10,12H2,(H,22,24). The Hall–Kier alpha value is -2.47. The molecule has 1 aliphatic carbocycles. The lowest BCUT2D eigenvalue weighted by molar-refractivity contribution is -0.385. The van der Waals surface area contributed by atoms with Gasteiger partial charge in [0.15, 0.2) is 0 Å². The van der Waals surface area contributed by atoms with Crippen molar-refractivity contribution in [3.8, 4) is 0 Å². The summed E-state index contributed by atoms with van der Waals surface area (Å²) in [6, 6.07) is 10.3. The number of nitro benzene ring substituents is 1. The molecule has 2 aromatic carbocycles. The fourth-order valence-electron chi connectivity index (χ4n) is 3.62. The molecule has 26 heavy (non-hydrogen) atoms. The quantitative estimate of drug-likeness (QED) is 0.610. The molecule has 0 atom stereocenters. The third-order valence-corrected chi connectivity index (χ3v) is 5.24. The third kappa shape index (κ3) is 3.70. The number of nitrogens with zero attached hydrogens (tertiary/aromatic N) is 1. The molecule has 3 rings (SSSR count). The summed E-state index contributed by atoms with van der Waals surface area (Å²) >= 11 is 5.79. The van der Waals surface area contributed by atoms with E-state index in [2.05, 4.69) is 5.32 Å². The van der Waals surface area contributed by atoms with Crippen LogP contribution in [-0.4, -0.2) is 17.4 Å². The van der Waals surface area contributed by atoms with E-state index in [1.54, 1.807) is 12.1 Å². The molecular weight excluding hydrogens is 359 g/mol. The van der Waals surface area contributed by atoms with Crippen LogP contribution in [0.1, 0.15) is 41.6 Å². The second kappa shape index (κ2) is 7.41. The van der Waals surface area contributed by atoms with Crippen LogP contribution >= 0.6 is 11.6 Å². The molecule has 0 aliphatic heterocycles. The maximum absolute atomic E-state index is 13.2. The second-order valence-corrected chi connectivity index (χ2v) is 7.03. The molecule has 7 heteroatoms. The summed E-state index contributed by atoms with van der Waals surface area (Å²) in [6.07, 6.45) is 3.80. The number of hydrogen-bond donors (Lipinski definition) is 1. The van der Waals surface area contributed by atoms with Crippen molar-refractivity contribution in [3.63, 3.8) is 0 Å². The van der Waals surface area contributed by atoms with Crippen LogP contribution in [0.15, 0.2) is 42.5 Å². The van der Waals surface area contributed by atoms with E-state index >= 15 is 0 Å². The fourth-order valence-corrected chi connectivity index (χ4v) is 3.78. The van der Waals surface area contributed by atoms with Gasteiger partial charge in [-0.2, -0.15) is 0 Å². The molecule has 0 bridgehead atoms. The van der Waals surface area contributed by atoms with E-state index in [1.807, 2.05) is 0 Å². The highest BCUT2D eigenvalue weighted by molar-refractivity contribution is 6.31. The van der Waals surface area contributed by atoms with Gasteiger partial charge in [-0.15, -0.1) is 0 Å². The highest BCUT2D eigenvalue weighted by Gasteiger charge is 2.36. The van der Waals surface area contributed by atoms with Crippen molar-refractivity contribution in [2.75, 3.05) is 6.54 Å². The van der Waals surface area contributed by atoms with Gasteiger partial charge in [-0.1, -0.05) is 36.6 Å². The molecule has 2 aromatic rings. The van der Waals surface area contributed by atoms with Gasteiger partial charge < -0.3 is 5.32 Å². The van der Waals surface area contributed by atoms with Crippen LogP contribution in [0, 0.1) is 15.9 Å². The van der Waals surface area contributed by atoms with E-state index in [1.165, 1.54) is 30.3 Å². The van der Waals surface area contributed by atoms with Crippen molar-refractivity contribution < 1.29 is 14.1 Å². The summed E-state index contributed by atoms with van der Waals surface area (Å²) in [5, 5.41) is 14.2. The van der Waals surface area contributed by atoms with Gasteiger partial charge in [0.1, 0.15) is 11.4 Å². The zero-order valence-corrected chi connectivity index (χ0v) is 14.8. The van der Waals surface area contributed by atoms with Gasteiger partial charge >= 0.3 is 0 Å². The van der Waals surface area contributed by atoms with E-state index in [4.69, 9.17) is 11.6 Å². The van der Waals surface area contributed by atoms with Gasteiger partial charge in [-0.05, 0) is 42.7 Å². The lowest BCUT2D eigenvalue weighted by Gasteiger charge is -2.30. The molecular formula is C19H18ClFN2O3. The Kier molecular flexibility index (Phi) is 5.23. The van der Waals surface area contributed by atoms with Crippen molar-refractivity contribution in [1.82, 2.24) is 5.32 Å². The minimum absolute atomic E-state index is 0.0216. The number of carbonyl (C=O) groups is 1. The number of benzene rings is 2. The molecule has 5 nitrogen and oxygen atoms in total. The predicted octanol–water partition coefficient (Wildman–Crippen LogP) is 4.63. The van der Waals surface area contributed by atoms with E-state index < -0.39 is 10.8 Å². The Balaban J connectivity index is 1.81. The molecule has 0 heterocycles. The molecule has 1 saturated carbocycles. The minimum atomic E-state index is -0.619. The number of nitrogens with one attached hydrogen (secondary N) is 1. The molecule has 0 unspecified atom stereocenters. The van der Waals surface area contributed by atoms with Gasteiger partial charge in [-0.3, -0.25) is 14.9 Å². The van der Waals surface area contributed by atoms with Crippen LogP contribution in [0.4, 0.5) is 10.1 Å². The minimum Gasteiger partial charge on any atom is -0.351 e. The Bertz CT molecular complexity index is 833. The first kappa shape index (κ1) is 18.3. The monoisotopic (exact) mass is 376 g/mol. The van der Waals surface area contributed by atoms with Crippen LogP contribution in [0.25, 0.3) is 0 Å². The zero-order chi connectivity index (χ0) is 18.7. The first-order valence-electron chi connectivity index (χ1n) is 8.39. The van der Waals surface area contributed by atoms with Crippen molar-refractivity contribution >= 4 is 23.2 Å². The second-order valence-electron chi connectivity index (χ2n) is 6.60. The zero-order valence-electron chi connectivity index (χ0n) is 14.0.